The number of nitrogens with two attached hydrogens (primary N) is 1. The van der Waals surface area contributed by atoms with E-state index in [1.165, 1.54) is 0 Å². The van der Waals surface area contributed by atoms with Gasteiger partial charge in [0, 0.05) is 22.3 Å². The molecule has 5 heteroatoms. The van der Waals surface area contributed by atoms with Crippen LogP contribution in [0.15, 0.2) is 72.1 Å². The van der Waals surface area contributed by atoms with E-state index in [0.717, 1.165) is 10.6 Å². The standard InChI is InChI=1S/C19H18N2O2S/c20-15-6-4-9-17(12-15)23-14-19(22)21(13-18-10-5-11-24-18)16-7-2-1-3-8-16/h1-12H,13-14,20H2. The number of para-hydroxylation sites is 1. The molecular formula is C19H18N2O2S. The number of ether oxygens (including phenoxy) is 1. The molecule has 3 rings (SSSR count). The fourth-order valence-electron chi connectivity index (χ4n) is 2.32. The Morgan fingerprint density at radius 1 is 1.04 bits per heavy atom. The predicted octanol–water partition coefficient (Wildman–Crippen LogP) is 3.94. The third-order valence-corrected chi connectivity index (χ3v) is 4.34. The van der Waals surface area contributed by atoms with Crippen LogP contribution in [0, 0.1) is 0 Å². The second kappa shape index (κ2) is 7.66. The maximum absolute atomic E-state index is 12.7. The number of amides is 1. The van der Waals surface area contributed by atoms with Gasteiger partial charge in [0.05, 0.1) is 6.54 Å². The summed E-state index contributed by atoms with van der Waals surface area (Å²) in [5.41, 5.74) is 7.20. The predicted molar refractivity (Wildman–Crippen MR) is 98.3 cm³/mol. The first kappa shape index (κ1) is 16.1. The zero-order valence-electron chi connectivity index (χ0n) is 13.1. The summed E-state index contributed by atoms with van der Waals surface area (Å²) >= 11 is 1.63. The van der Waals surface area contributed by atoms with Gasteiger partial charge < -0.3 is 15.4 Å². The molecule has 122 valence electrons. The Bertz CT molecular complexity index is 788. The van der Waals surface area contributed by atoms with Gasteiger partial charge in [-0.15, -0.1) is 11.3 Å². The van der Waals surface area contributed by atoms with Crippen LogP contribution in [-0.4, -0.2) is 12.5 Å². The van der Waals surface area contributed by atoms with Crippen LogP contribution in [0.4, 0.5) is 11.4 Å². The molecule has 0 atom stereocenters. The lowest BCUT2D eigenvalue weighted by Gasteiger charge is -2.22. The van der Waals surface area contributed by atoms with Gasteiger partial charge in [0.15, 0.2) is 6.61 Å². The van der Waals surface area contributed by atoms with Crippen molar-refractivity contribution in [1.82, 2.24) is 0 Å². The van der Waals surface area contributed by atoms with Crippen LogP contribution in [0.5, 0.6) is 5.75 Å². The molecule has 0 aliphatic carbocycles. The molecule has 0 aliphatic rings. The Balaban J connectivity index is 1.73. The van der Waals surface area contributed by atoms with Crippen molar-refractivity contribution in [2.45, 2.75) is 6.54 Å². The maximum atomic E-state index is 12.7. The molecule has 0 saturated carbocycles. The number of benzene rings is 2. The summed E-state index contributed by atoms with van der Waals surface area (Å²) in [6.07, 6.45) is 0. The van der Waals surface area contributed by atoms with E-state index in [0.29, 0.717) is 18.0 Å². The molecule has 0 unspecified atom stereocenters. The molecule has 2 N–H and O–H groups in total. The van der Waals surface area contributed by atoms with Gasteiger partial charge in [-0.1, -0.05) is 30.3 Å². The Hall–Kier alpha value is -2.79. The number of carbonyl (C=O) groups is 1. The van der Waals surface area contributed by atoms with Crippen LogP contribution >= 0.6 is 11.3 Å². The highest BCUT2D eigenvalue weighted by atomic mass is 32.1. The van der Waals surface area contributed by atoms with Gasteiger partial charge in [0.2, 0.25) is 0 Å². The lowest BCUT2D eigenvalue weighted by atomic mass is 10.2. The first-order chi connectivity index (χ1) is 11.7. The molecule has 1 amide bonds. The summed E-state index contributed by atoms with van der Waals surface area (Å²) in [5, 5.41) is 2.01. The number of anilines is 2. The van der Waals surface area contributed by atoms with E-state index in [9.17, 15) is 4.79 Å². The van der Waals surface area contributed by atoms with Crippen molar-refractivity contribution in [2.24, 2.45) is 0 Å². The zero-order chi connectivity index (χ0) is 16.8. The smallest absolute Gasteiger partial charge is 0.265 e. The van der Waals surface area contributed by atoms with Crippen LogP contribution in [0.25, 0.3) is 0 Å². The molecular weight excluding hydrogens is 320 g/mol. The number of hydrogen-bond acceptors (Lipinski definition) is 4. The van der Waals surface area contributed by atoms with Crippen LogP contribution in [0.3, 0.4) is 0 Å². The summed E-state index contributed by atoms with van der Waals surface area (Å²) in [7, 11) is 0. The first-order valence-corrected chi connectivity index (χ1v) is 8.46. The minimum Gasteiger partial charge on any atom is -0.484 e. The molecule has 0 bridgehead atoms. The third-order valence-electron chi connectivity index (χ3n) is 3.48. The molecule has 0 fully saturated rings. The van der Waals surface area contributed by atoms with Crippen molar-refractivity contribution in [3.05, 3.63) is 77.0 Å². The summed E-state index contributed by atoms with van der Waals surface area (Å²) in [4.78, 5) is 15.6. The highest BCUT2D eigenvalue weighted by Gasteiger charge is 2.17. The van der Waals surface area contributed by atoms with Gasteiger partial charge in [0.25, 0.3) is 5.91 Å². The molecule has 24 heavy (non-hydrogen) atoms. The molecule has 2 aromatic carbocycles. The highest BCUT2D eigenvalue weighted by Crippen LogP contribution is 2.20. The normalized spacial score (nSPS) is 10.3. The van der Waals surface area contributed by atoms with E-state index >= 15 is 0 Å². The molecule has 3 aromatic rings. The SMILES string of the molecule is Nc1cccc(OCC(=O)N(Cc2cccs2)c2ccccc2)c1. The lowest BCUT2D eigenvalue weighted by Crippen LogP contribution is -2.34. The largest absolute Gasteiger partial charge is 0.484 e. The Morgan fingerprint density at radius 3 is 2.58 bits per heavy atom. The topological polar surface area (TPSA) is 55.6 Å². The van der Waals surface area contributed by atoms with E-state index in [2.05, 4.69) is 0 Å². The van der Waals surface area contributed by atoms with Crippen LogP contribution in [0.1, 0.15) is 4.88 Å². The molecule has 0 radical (unpaired) electrons. The van der Waals surface area contributed by atoms with Crippen molar-refractivity contribution < 1.29 is 9.53 Å². The minimum atomic E-state index is -0.1000. The van der Waals surface area contributed by atoms with E-state index in [4.69, 9.17) is 10.5 Å². The second-order valence-electron chi connectivity index (χ2n) is 5.26. The summed E-state index contributed by atoms with van der Waals surface area (Å²) in [6, 6.07) is 20.7. The monoisotopic (exact) mass is 338 g/mol. The number of thiophene rings is 1. The molecule has 0 aliphatic heterocycles. The van der Waals surface area contributed by atoms with Crippen molar-refractivity contribution in [2.75, 3.05) is 17.2 Å². The minimum absolute atomic E-state index is 0.0380. The lowest BCUT2D eigenvalue weighted by molar-refractivity contribution is -0.120. The molecule has 4 nitrogen and oxygen atoms in total. The summed E-state index contributed by atoms with van der Waals surface area (Å²) in [6.45, 7) is 0.491. The average molecular weight is 338 g/mol. The van der Waals surface area contributed by atoms with Crippen molar-refractivity contribution >= 4 is 28.6 Å². The quantitative estimate of drug-likeness (QED) is 0.693. The highest BCUT2D eigenvalue weighted by molar-refractivity contribution is 7.09. The van der Waals surface area contributed by atoms with Gasteiger partial charge in [-0.25, -0.2) is 0 Å². The van der Waals surface area contributed by atoms with E-state index in [1.807, 2.05) is 47.8 Å². The Morgan fingerprint density at radius 2 is 1.88 bits per heavy atom. The number of nitrogen functional groups attached to an aromatic ring is 1. The van der Waals surface area contributed by atoms with Gasteiger partial charge >= 0.3 is 0 Å². The number of rotatable bonds is 6. The molecule has 1 heterocycles. The number of hydrogen-bond donors (Lipinski definition) is 1. The van der Waals surface area contributed by atoms with Gasteiger partial charge in [-0.05, 0) is 35.7 Å². The average Bonchev–Trinajstić information content (AvgIpc) is 3.12. The number of nitrogens with zero attached hydrogens (tertiary/aromatic N) is 1. The third kappa shape index (κ3) is 4.14. The van der Waals surface area contributed by atoms with Crippen molar-refractivity contribution in [3.8, 4) is 5.75 Å². The van der Waals surface area contributed by atoms with Crippen LogP contribution in [-0.2, 0) is 11.3 Å². The van der Waals surface area contributed by atoms with Crippen molar-refractivity contribution in [1.29, 1.82) is 0 Å². The Labute approximate surface area is 145 Å². The Kier molecular flexibility index (Phi) is 5.13. The zero-order valence-corrected chi connectivity index (χ0v) is 13.9. The second-order valence-corrected chi connectivity index (χ2v) is 6.29. The summed E-state index contributed by atoms with van der Waals surface area (Å²) < 4.78 is 5.60. The van der Waals surface area contributed by atoms with Crippen LogP contribution < -0.4 is 15.4 Å². The van der Waals surface area contributed by atoms with Crippen molar-refractivity contribution in [3.63, 3.8) is 0 Å². The fourth-order valence-corrected chi connectivity index (χ4v) is 3.01. The number of carbonyl (C=O) groups excluding carboxylic acids is 1. The molecule has 0 spiro atoms. The van der Waals surface area contributed by atoms with Gasteiger partial charge in [-0.3, -0.25) is 4.79 Å². The van der Waals surface area contributed by atoms with E-state index < -0.39 is 0 Å². The van der Waals surface area contributed by atoms with Gasteiger partial charge in [0.1, 0.15) is 5.75 Å². The molecule has 1 aromatic heterocycles. The fraction of sp³-hybridized carbons (Fsp3) is 0.105. The summed E-state index contributed by atoms with van der Waals surface area (Å²) in [5.74, 6) is 0.490. The van der Waals surface area contributed by atoms with Gasteiger partial charge in [-0.2, -0.15) is 0 Å². The van der Waals surface area contributed by atoms with Crippen LogP contribution in [0.2, 0.25) is 0 Å². The molecule has 0 saturated heterocycles. The van der Waals surface area contributed by atoms with E-state index in [1.54, 1.807) is 40.5 Å². The maximum Gasteiger partial charge on any atom is 0.265 e. The first-order valence-electron chi connectivity index (χ1n) is 7.58. The van der Waals surface area contributed by atoms with E-state index in [-0.39, 0.29) is 12.5 Å².